The highest BCUT2D eigenvalue weighted by atomic mass is 19.1. The molecule has 0 aromatic heterocycles. The second-order valence-electron chi connectivity index (χ2n) is 7.71. The molecule has 1 heterocycles. The minimum Gasteiger partial charge on any atom is -0.352 e. The molecule has 1 fully saturated rings. The van der Waals surface area contributed by atoms with E-state index in [2.05, 4.69) is 5.32 Å². The average molecular weight is 411 g/mol. The van der Waals surface area contributed by atoms with Crippen LogP contribution in [0.4, 0.5) is 4.39 Å². The molecule has 0 bridgehead atoms. The van der Waals surface area contributed by atoms with Gasteiger partial charge >= 0.3 is 0 Å². The van der Waals surface area contributed by atoms with Gasteiger partial charge in [-0.2, -0.15) is 0 Å². The number of benzene rings is 2. The molecule has 2 aromatic rings. The topological polar surface area (TPSA) is 69.7 Å². The first kappa shape index (κ1) is 21.5. The lowest BCUT2D eigenvalue weighted by Gasteiger charge is -2.32. The predicted octanol–water partition coefficient (Wildman–Crippen LogP) is 2.70. The first-order chi connectivity index (χ1) is 14.3. The number of halogens is 1. The Morgan fingerprint density at radius 2 is 1.67 bits per heavy atom. The van der Waals surface area contributed by atoms with E-state index in [4.69, 9.17) is 0 Å². The Morgan fingerprint density at radius 3 is 2.30 bits per heavy atom. The molecule has 1 aliphatic rings. The quantitative estimate of drug-likeness (QED) is 0.823. The van der Waals surface area contributed by atoms with Crippen LogP contribution in [-0.4, -0.2) is 54.7 Å². The van der Waals surface area contributed by atoms with Crippen LogP contribution in [0.15, 0.2) is 48.5 Å². The maximum absolute atomic E-state index is 13.1. The van der Waals surface area contributed by atoms with Gasteiger partial charge in [0.15, 0.2) is 0 Å². The van der Waals surface area contributed by atoms with E-state index in [0.29, 0.717) is 30.8 Å². The number of carbonyl (C=O) groups is 3. The lowest BCUT2D eigenvalue weighted by Crippen LogP contribution is -2.45. The zero-order chi connectivity index (χ0) is 21.7. The summed E-state index contributed by atoms with van der Waals surface area (Å²) in [7, 11) is 3.40. The lowest BCUT2D eigenvalue weighted by atomic mass is 9.96. The van der Waals surface area contributed by atoms with Gasteiger partial charge in [-0.25, -0.2) is 4.39 Å². The van der Waals surface area contributed by atoms with Crippen molar-refractivity contribution >= 4 is 17.7 Å². The second-order valence-corrected chi connectivity index (χ2v) is 7.71. The molecular weight excluding hydrogens is 385 g/mol. The number of nitrogens with zero attached hydrogens (tertiary/aromatic N) is 2. The first-order valence-electron chi connectivity index (χ1n) is 9.98. The molecule has 1 saturated heterocycles. The zero-order valence-electron chi connectivity index (χ0n) is 17.2. The fourth-order valence-electron chi connectivity index (χ4n) is 3.51. The highest BCUT2D eigenvalue weighted by molar-refractivity contribution is 5.95. The summed E-state index contributed by atoms with van der Waals surface area (Å²) in [6, 6.07) is 12.6. The van der Waals surface area contributed by atoms with E-state index in [1.807, 2.05) is 12.1 Å². The minimum absolute atomic E-state index is 0.0706. The second kappa shape index (κ2) is 9.52. The number of hydrogen-bond donors (Lipinski definition) is 1. The van der Waals surface area contributed by atoms with Gasteiger partial charge in [0.05, 0.1) is 5.92 Å². The third-order valence-corrected chi connectivity index (χ3v) is 5.24. The van der Waals surface area contributed by atoms with Crippen molar-refractivity contribution < 1.29 is 18.8 Å². The van der Waals surface area contributed by atoms with Crippen LogP contribution in [0, 0.1) is 11.7 Å². The van der Waals surface area contributed by atoms with Gasteiger partial charge in [0.2, 0.25) is 5.91 Å². The van der Waals surface area contributed by atoms with Gasteiger partial charge in [-0.3, -0.25) is 14.4 Å². The Labute approximate surface area is 175 Å². The third-order valence-electron chi connectivity index (χ3n) is 5.24. The number of amides is 3. The molecule has 3 rings (SSSR count). The van der Waals surface area contributed by atoms with Gasteiger partial charge in [0, 0.05) is 44.9 Å². The van der Waals surface area contributed by atoms with Gasteiger partial charge < -0.3 is 15.1 Å². The van der Waals surface area contributed by atoms with E-state index < -0.39 is 0 Å². The molecule has 30 heavy (non-hydrogen) atoms. The van der Waals surface area contributed by atoms with Crippen LogP contribution in [0.25, 0.3) is 0 Å². The molecule has 0 spiro atoms. The minimum atomic E-state index is -0.387. The summed E-state index contributed by atoms with van der Waals surface area (Å²) in [5, 5.41) is 2.93. The number of nitrogens with one attached hydrogen (secondary N) is 1. The van der Waals surface area contributed by atoms with Gasteiger partial charge in [-0.1, -0.05) is 12.1 Å². The van der Waals surface area contributed by atoms with Crippen LogP contribution in [-0.2, 0) is 11.3 Å². The zero-order valence-corrected chi connectivity index (χ0v) is 17.2. The van der Waals surface area contributed by atoms with Crippen molar-refractivity contribution in [2.24, 2.45) is 5.92 Å². The molecule has 6 nitrogen and oxygen atoms in total. The molecule has 0 aliphatic carbocycles. The van der Waals surface area contributed by atoms with Gasteiger partial charge in [0.25, 0.3) is 11.8 Å². The Kier molecular flexibility index (Phi) is 6.82. The van der Waals surface area contributed by atoms with Crippen molar-refractivity contribution in [3.05, 3.63) is 71.0 Å². The van der Waals surface area contributed by atoms with Crippen LogP contribution in [0.2, 0.25) is 0 Å². The summed E-state index contributed by atoms with van der Waals surface area (Å²) in [6.45, 7) is 1.29. The number of hydrogen-bond acceptors (Lipinski definition) is 3. The molecule has 0 radical (unpaired) electrons. The number of piperidine rings is 1. The Balaban J connectivity index is 1.54. The molecular formula is C23H26FN3O3. The molecule has 1 N–H and O–H groups in total. The van der Waals surface area contributed by atoms with Crippen LogP contribution >= 0.6 is 0 Å². The van der Waals surface area contributed by atoms with Crippen molar-refractivity contribution in [3.8, 4) is 0 Å². The van der Waals surface area contributed by atoms with Crippen LogP contribution in [0.3, 0.4) is 0 Å². The standard InChI is InChI=1S/C23H26FN3O3/c1-26(2)22(29)17-7-5-16(6-8-17)14-25-21(28)19-4-3-13-27(15-19)23(30)18-9-11-20(24)12-10-18/h5-12,19H,3-4,13-15H2,1-2H3,(H,25,28). The van der Waals surface area contributed by atoms with E-state index in [-0.39, 0.29) is 29.5 Å². The van der Waals surface area contributed by atoms with E-state index in [0.717, 1.165) is 18.4 Å². The molecule has 7 heteroatoms. The average Bonchev–Trinajstić information content (AvgIpc) is 2.77. The van der Waals surface area contributed by atoms with Gasteiger partial charge in [-0.15, -0.1) is 0 Å². The molecule has 2 aromatic carbocycles. The SMILES string of the molecule is CN(C)C(=O)c1ccc(CNC(=O)C2CCCN(C(=O)c3ccc(F)cc3)C2)cc1. The normalized spacial score (nSPS) is 16.1. The Hall–Kier alpha value is -3.22. The fraction of sp³-hybridized carbons (Fsp3) is 0.348. The number of rotatable bonds is 5. The number of likely N-dealkylation sites (tertiary alicyclic amines) is 1. The van der Waals surface area contributed by atoms with Crippen molar-refractivity contribution in [2.45, 2.75) is 19.4 Å². The van der Waals surface area contributed by atoms with Gasteiger partial charge in [0.1, 0.15) is 5.82 Å². The summed E-state index contributed by atoms with van der Waals surface area (Å²) < 4.78 is 13.1. The fourth-order valence-corrected chi connectivity index (χ4v) is 3.51. The van der Waals surface area contributed by atoms with E-state index in [1.165, 1.54) is 29.2 Å². The highest BCUT2D eigenvalue weighted by Gasteiger charge is 2.28. The van der Waals surface area contributed by atoms with Crippen LogP contribution in [0.5, 0.6) is 0 Å². The van der Waals surface area contributed by atoms with Crippen molar-refractivity contribution in [1.82, 2.24) is 15.1 Å². The Bertz CT molecular complexity index is 910. The molecule has 1 unspecified atom stereocenters. The monoisotopic (exact) mass is 411 g/mol. The maximum atomic E-state index is 13.1. The molecule has 1 aliphatic heterocycles. The largest absolute Gasteiger partial charge is 0.352 e. The Morgan fingerprint density at radius 1 is 1.03 bits per heavy atom. The molecule has 0 saturated carbocycles. The van der Waals surface area contributed by atoms with Gasteiger partial charge in [-0.05, 0) is 54.8 Å². The highest BCUT2D eigenvalue weighted by Crippen LogP contribution is 2.19. The van der Waals surface area contributed by atoms with Crippen molar-refractivity contribution in [2.75, 3.05) is 27.2 Å². The van der Waals surface area contributed by atoms with E-state index in [1.54, 1.807) is 31.1 Å². The predicted molar refractivity (Wildman–Crippen MR) is 111 cm³/mol. The molecule has 1 atom stereocenters. The summed E-state index contributed by atoms with van der Waals surface area (Å²) in [5.41, 5.74) is 1.91. The van der Waals surface area contributed by atoms with Crippen molar-refractivity contribution in [3.63, 3.8) is 0 Å². The van der Waals surface area contributed by atoms with Crippen LogP contribution in [0.1, 0.15) is 39.1 Å². The van der Waals surface area contributed by atoms with Crippen molar-refractivity contribution in [1.29, 1.82) is 0 Å². The lowest BCUT2D eigenvalue weighted by molar-refractivity contribution is -0.126. The summed E-state index contributed by atoms with van der Waals surface area (Å²) in [6.07, 6.45) is 1.46. The summed E-state index contributed by atoms with van der Waals surface area (Å²) >= 11 is 0. The van der Waals surface area contributed by atoms with E-state index >= 15 is 0 Å². The smallest absolute Gasteiger partial charge is 0.253 e. The number of carbonyl (C=O) groups excluding carboxylic acids is 3. The summed E-state index contributed by atoms with van der Waals surface area (Å²) in [5.74, 6) is -1.02. The molecule has 3 amide bonds. The molecule has 158 valence electrons. The maximum Gasteiger partial charge on any atom is 0.253 e. The van der Waals surface area contributed by atoms with Crippen LogP contribution < -0.4 is 5.32 Å². The summed E-state index contributed by atoms with van der Waals surface area (Å²) in [4.78, 5) is 40.4. The third kappa shape index (κ3) is 5.23. The van der Waals surface area contributed by atoms with E-state index in [9.17, 15) is 18.8 Å². The first-order valence-corrected chi connectivity index (χ1v) is 9.98.